The van der Waals surface area contributed by atoms with E-state index in [9.17, 15) is 19.5 Å². The third kappa shape index (κ3) is 4.82. The smallest absolute Gasteiger partial charge is 0.407 e. The van der Waals surface area contributed by atoms with Gasteiger partial charge < -0.3 is 19.9 Å². The molecular weight excluding hydrogens is 554 g/mol. The molecule has 0 bridgehead atoms. The van der Waals surface area contributed by atoms with Gasteiger partial charge in [0.25, 0.3) is 0 Å². The molecule has 0 aromatic heterocycles. The molecule has 0 heterocycles. The molecule has 250 valence electrons. The van der Waals surface area contributed by atoms with Gasteiger partial charge in [0.2, 0.25) is 0 Å². The summed E-state index contributed by atoms with van der Waals surface area (Å²) in [6.07, 6.45) is 10.4. The molecule has 5 saturated carbocycles. The number of carbonyl (C=O) groups excluding carboxylic acids is 2. The van der Waals surface area contributed by atoms with Gasteiger partial charge in [-0.05, 0) is 130 Å². The first-order chi connectivity index (χ1) is 20.3. The van der Waals surface area contributed by atoms with Gasteiger partial charge in [-0.2, -0.15) is 0 Å². The van der Waals surface area contributed by atoms with E-state index in [1.807, 2.05) is 0 Å². The molecule has 0 unspecified atom stereocenters. The fourth-order valence-electron chi connectivity index (χ4n) is 12.7. The van der Waals surface area contributed by atoms with Crippen LogP contribution in [0.2, 0.25) is 0 Å². The molecule has 0 radical (unpaired) electrons. The van der Waals surface area contributed by atoms with Gasteiger partial charge in [0, 0.05) is 11.0 Å². The molecule has 5 rings (SSSR count). The minimum absolute atomic E-state index is 0.109. The van der Waals surface area contributed by atoms with Crippen molar-refractivity contribution in [1.29, 1.82) is 0 Å². The lowest BCUT2D eigenvalue weighted by Gasteiger charge is -2.73. The van der Waals surface area contributed by atoms with Crippen LogP contribution in [0.4, 0.5) is 4.79 Å². The van der Waals surface area contributed by atoms with Gasteiger partial charge in [-0.25, -0.2) is 4.79 Å². The Bertz CT molecular complexity index is 1160. The van der Waals surface area contributed by atoms with E-state index in [-0.39, 0.29) is 45.8 Å². The second kappa shape index (κ2) is 10.9. The Morgan fingerprint density at radius 3 is 2.16 bits per heavy atom. The molecule has 0 aromatic rings. The van der Waals surface area contributed by atoms with Crippen LogP contribution in [0.5, 0.6) is 0 Å². The molecule has 5 aliphatic rings. The zero-order valence-electron chi connectivity index (χ0n) is 29.3. The maximum atomic E-state index is 13.0. The zero-order chi connectivity index (χ0) is 32.7. The zero-order valence-corrected chi connectivity index (χ0v) is 29.3. The van der Waals surface area contributed by atoms with Crippen molar-refractivity contribution in [3.8, 4) is 0 Å². The number of hydrogen-bond acceptors (Lipinski definition) is 5. The number of carbonyl (C=O) groups is 3. The van der Waals surface area contributed by atoms with Crippen LogP contribution in [-0.2, 0) is 19.1 Å². The number of nitrogens with one attached hydrogen (secondary N) is 1. The predicted molar refractivity (Wildman–Crippen MR) is 171 cm³/mol. The highest BCUT2D eigenvalue weighted by molar-refractivity contribution is 5.81. The monoisotopic (exact) mass is 615 g/mol. The van der Waals surface area contributed by atoms with Gasteiger partial charge >= 0.3 is 18.0 Å². The molecule has 7 heteroatoms. The molecule has 7 nitrogen and oxygen atoms in total. The SMILES string of the molecule is COC(=O)N[C@]12CC[C@@H](C(C)C)[C@@H]1[C@H]1CC[C@@H]3[C@@]4(C)CC[C@H](OC(=O)CC(C)(C)C(=O)O)C(C)(C)[C@@H]4CC[C@@]3(C)[C@]1(C)CC2. The Labute approximate surface area is 266 Å². The molecule has 10 atom stereocenters. The Balaban J connectivity index is 1.41. The average molecular weight is 616 g/mol. The number of fused-ring (bicyclic) bond motifs is 7. The second-order valence-electron chi connectivity index (χ2n) is 18.1. The molecule has 5 fully saturated rings. The van der Waals surface area contributed by atoms with Crippen molar-refractivity contribution >= 4 is 18.0 Å². The topological polar surface area (TPSA) is 102 Å². The van der Waals surface area contributed by atoms with E-state index in [1.54, 1.807) is 13.8 Å². The number of aliphatic carboxylic acids is 1. The minimum atomic E-state index is -1.14. The van der Waals surface area contributed by atoms with Crippen LogP contribution >= 0.6 is 0 Å². The summed E-state index contributed by atoms with van der Waals surface area (Å²) in [5.41, 5.74) is -0.926. The van der Waals surface area contributed by atoms with Crippen LogP contribution in [0.15, 0.2) is 0 Å². The van der Waals surface area contributed by atoms with Crippen molar-refractivity contribution in [3.05, 3.63) is 0 Å². The fourth-order valence-corrected chi connectivity index (χ4v) is 12.7. The highest BCUT2D eigenvalue weighted by Crippen LogP contribution is 2.76. The Kier molecular flexibility index (Phi) is 8.31. The van der Waals surface area contributed by atoms with Gasteiger partial charge in [0.05, 0.1) is 18.9 Å². The summed E-state index contributed by atoms with van der Waals surface area (Å²) in [7, 11) is 1.49. The summed E-state index contributed by atoms with van der Waals surface area (Å²) in [6.45, 7) is 20.3. The number of carboxylic acid groups (broad SMARTS) is 1. The number of amides is 1. The van der Waals surface area contributed by atoms with Crippen LogP contribution in [0.1, 0.15) is 133 Å². The van der Waals surface area contributed by atoms with Crippen molar-refractivity contribution in [2.45, 2.75) is 145 Å². The lowest BCUT2D eigenvalue weighted by atomic mass is 9.32. The molecule has 0 spiro atoms. The van der Waals surface area contributed by atoms with E-state index in [1.165, 1.54) is 32.8 Å². The number of carboxylic acids is 1. The van der Waals surface area contributed by atoms with Gasteiger partial charge in [-0.15, -0.1) is 0 Å². The maximum absolute atomic E-state index is 13.0. The first kappa shape index (κ1) is 33.6. The molecule has 5 aliphatic carbocycles. The van der Waals surface area contributed by atoms with Crippen molar-refractivity contribution in [3.63, 3.8) is 0 Å². The van der Waals surface area contributed by atoms with Crippen LogP contribution in [0.25, 0.3) is 0 Å². The van der Waals surface area contributed by atoms with Crippen molar-refractivity contribution in [2.24, 2.45) is 62.6 Å². The van der Waals surface area contributed by atoms with E-state index in [0.717, 1.165) is 38.5 Å². The van der Waals surface area contributed by atoms with Gasteiger partial charge in [0.15, 0.2) is 0 Å². The number of esters is 1. The molecule has 1 amide bonds. The molecular formula is C37H61NO6. The standard InChI is InChI=1S/C37H61NO6/c1-22(2)23-13-18-37(38-31(42)43-10)20-19-35(8)24(29(23)37)11-12-26-34(7)16-15-27(44-28(39)21-32(3,4)30(40)41)33(5,6)25(34)14-17-36(26,35)9/h22-27,29H,11-21H2,1-10H3,(H,38,42)(H,40,41)/t23-,24+,25-,26+,27-,29+,34-,35+,36+,37-/m0/s1. The fraction of sp³-hybridized carbons (Fsp3) is 0.919. The first-order valence-electron chi connectivity index (χ1n) is 17.6. The normalized spacial score (nSPS) is 44.4. The minimum Gasteiger partial charge on any atom is -0.481 e. The predicted octanol–water partition coefficient (Wildman–Crippen LogP) is 8.25. The average Bonchev–Trinajstić information content (AvgIpc) is 3.30. The van der Waals surface area contributed by atoms with Crippen molar-refractivity contribution < 1.29 is 29.0 Å². The molecule has 44 heavy (non-hydrogen) atoms. The largest absolute Gasteiger partial charge is 0.481 e. The van der Waals surface area contributed by atoms with Crippen LogP contribution in [-0.4, -0.2) is 41.9 Å². The maximum Gasteiger partial charge on any atom is 0.407 e. The summed E-state index contributed by atoms with van der Waals surface area (Å²) >= 11 is 0. The number of ether oxygens (including phenoxy) is 2. The van der Waals surface area contributed by atoms with Crippen LogP contribution in [0.3, 0.4) is 0 Å². The first-order valence-corrected chi connectivity index (χ1v) is 17.6. The Hall–Kier alpha value is -1.79. The van der Waals surface area contributed by atoms with Gasteiger partial charge in [-0.3, -0.25) is 9.59 Å². The van der Waals surface area contributed by atoms with Crippen LogP contribution in [0, 0.1) is 62.6 Å². The van der Waals surface area contributed by atoms with E-state index in [2.05, 4.69) is 53.8 Å². The second-order valence-corrected chi connectivity index (χ2v) is 18.1. The molecule has 2 N–H and O–H groups in total. The molecule has 0 aliphatic heterocycles. The highest BCUT2D eigenvalue weighted by Gasteiger charge is 2.71. The Morgan fingerprint density at radius 2 is 1.55 bits per heavy atom. The number of hydrogen-bond donors (Lipinski definition) is 2. The summed E-state index contributed by atoms with van der Waals surface area (Å²) in [6, 6.07) is 0. The third-order valence-corrected chi connectivity index (χ3v) is 15.3. The third-order valence-electron chi connectivity index (χ3n) is 15.3. The van der Waals surface area contributed by atoms with Gasteiger partial charge in [0.1, 0.15) is 6.10 Å². The summed E-state index contributed by atoms with van der Waals surface area (Å²) < 4.78 is 11.3. The van der Waals surface area contributed by atoms with E-state index >= 15 is 0 Å². The van der Waals surface area contributed by atoms with E-state index in [4.69, 9.17) is 9.47 Å². The quantitative estimate of drug-likeness (QED) is 0.292. The lowest BCUT2D eigenvalue weighted by Crippen LogP contribution is -2.69. The van der Waals surface area contributed by atoms with Crippen molar-refractivity contribution in [2.75, 3.05) is 7.11 Å². The van der Waals surface area contributed by atoms with E-state index in [0.29, 0.717) is 35.5 Å². The van der Waals surface area contributed by atoms with Gasteiger partial charge in [-0.1, -0.05) is 48.5 Å². The number of methoxy groups -OCH3 is 1. The summed E-state index contributed by atoms with van der Waals surface area (Å²) in [4.78, 5) is 37.3. The summed E-state index contributed by atoms with van der Waals surface area (Å²) in [5.74, 6) is 1.91. The highest BCUT2D eigenvalue weighted by atomic mass is 16.5. The lowest BCUT2D eigenvalue weighted by molar-refractivity contribution is -0.247. The summed E-state index contributed by atoms with van der Waals surface area (Å²) in [5, 5.41) is 13.0. The van der Waals surface area contributed by atoms with Crippen LogP contribution < -0.4 is 5.32 Å². The number of rotatable bonds is 6. The van der Waals surface area contributed by atoms with Crippen molar-refractivity contribution in [1.82, 2.24) is 5.32 Å². The van der Waals surface area contributed by atoms with E-state index < -0.39 is 17.4 Å². The Morgan fingerprint density at radius 1 is 0.864 bits per heavy atom. The molecule has 0 saturated heterocycles. The number of alkyl carbamates (subject to hydrolysis) is 1. The molecule has 0 aromatic carbocycles.